The highest BCUT2D eigenvalue weighted by Gasteiger charge is 2.79. The van der Waals surface area contributed by atoms with Crippen molar-refractivity contribution >= 4 is 11.9 Å². The first-order valence-corrected chi connectivity index (χ1v) is 17.8. The lowest BCUT2D eigenvalue weighted by Crippen LogP contribution is -2.62. The minimum atomic E-state index is -1.31. The van der Waals surface area contributed by atoms with Gasteiger partial charge in [0.25, 0.3) is 0 Å². The Kier molecular flexibility index (Phi) is 8.61. The lowest BCUT2D eigenvalue weighted by atomic mass is 9.40. The summed E-state index contributed by atoms with van der Waals surface area (Å²) in [5, 5.41) is 30.8. The van der Waals surface area contributed by atoms with E-state index in [1.165, 1.54) is 12.5 Å². The molecule has 2 aliphatic heterocycles. The Labute approximate surface area is 274 Å². The van der Waals surface area contributed by atoms with Crippen LogP contribution in [-0.2, 0) is 28.5 Å². The van der Waals surface area contributed by atoms with Crippen molar-refractivity contribution in [2.75, 3.05) is 6.61 Å². The van der Waals surface area contributed by atoms with Crippen molar-refractivity contribution in [1.82, 2.24) is 0 Å². The van der Waals surface area contributed by atoms with E-state index >= 15 is 0 Å². The standard InChI is InChI=1S/C37H58O9/c1-20(2)10-9-15-36(8,46-21(3)38)30-25-18-35(7)23-11-12-26-33(4,5)27(45-31-29(41)28(40)24(39)19-43-31)14-16-34(26,6)22(23)13-17-37(30,35)32(42)44-25/h11,20,22,24-31,39-41H,9-10,12-19H2,1-8H3/t22-,24+,25-,26-,27-,28-,29+,30+,31-,34+,35-,36-,37+/m0/s1. The second-order valence-electron chi connectivity index (χ2n) is 17.4. The first-order chi connectivity index (χ1) is 21.4. The number of aliphatic hydroxyl groups is 3. The Morgan fingerprint density at radius 2 is 1.83 bits per heavy atom. The van der Waals surface area contributed by atoms with Crippen LogP contribution in [0.5, 0.6) is 0 Å². The van der Waals surface area contributed by atoms with E-state index in [1.807, 2.05) is 0 Å². The van der Waals surface area contributed by atoms with Gasteiger partial charge in [-0.25, -0.2) is 0 Å². The average Bonchev–Trinajstić information content (AvgIpc) is 3.39. The van der Waals surface area contributed by atoms with Gasteiger partial charge in [-0.15, -0.1) is 0 Å². The summed E-state index contributed by atoms with van der Waals surface area (Å²) in [7, 11) is 0. The largest absolute Gasteiger partial charge is 0.461 e. The maximum atomic E-state index is 14.1. The summed E-state index contributed by atoms with van der Waals surface area (Å²) in [6.07, 6.45) is 4.84. The molecule has 5 fully saturated rings. The topological polar surface area (TPSA) is 132 Å². The maximum Gasteiger partial charge on any atom is 0.313 e. The Balaban J connectivity index is 1.30. The lowest BCUT2D eigenvalue weighted by Gasteiger charge is -2.64. The van der Waals surface area contributed by atoms with Crippen LogP contribution >= 0.6 is 0 Å². The molecule has 0 aromatic carbocycles. The first-order valence-electron chi connectivity index (χ1n) is 17.8. The van der Waals surface area contributed by atoms with Crippen molar-refractivity contribution in [1.29, 1.82) is 0 Å². The number of rotatable bonds is 8. The van der Waals surface area contributed by atoms with Gasteiger partial charge in [0.2, 0.25) is 0 Å². The van der Waals surface area contributed by atoms with Crippen LogP contribution in [0.1, 0.15) is 113 Å². The van der Waals surface area contributed by atoms with E-state index in [1.54, 1.807) is 0 Å². The van der Waals surface area contributed by atoms with E-state index in [4.69, 9.17) is 18.9 Å². The van der Waals surface area contributed by atoms with Crippen LogP contribution in [0.4, 0.5) is 0 Å². The second kappa shape index (κ2) is 11.5. The molecule has 6 aliphatic rings. The van der Waals surface area contributed by atoms with E-state index in [2.05, 4.69) is 54.5 Å². The van der Waals surface area contributed by atoms with Crippen LogP contribution in [0.3, 0.4) is 0 Å². The molecule has 4 aliphatic carbocycles. The molecule has 9 nitrogen and oxygen atoms in total. The van der Waals surface area contributed by atoms with Gasteiger partial charge in [-0.1, -0.05) is 59.6 Å². The van der Waals surface area contributed by atoms with Crippen molar-refractivity contribution in [2.45, 2.75) is 156 Å². The molecule has 46 heavy (non-hydrogen) atoms. The number of esters is 2. The molecule has 6 rings (SSSR count). The zero-order valence-electron chi connectivity index (χ0n) is 29.2. The molecule has 3 N–H and O–H groups in total. The van der Waals surface area contributed by atoms with Gasteiger partial charge in [-0.2, -0.15) is 0 Å². The number of carbonyl (C=O) groups excluding carboxylic acids is 2. The van der Waals surface area contributed by atoms with Crippen LogP contribution in [-0.4, -0.2) is 76.3 Å². The molecule has 260 valence electrons. The monoisotopic (exact) mass is 646 g/mol. The molecule has 2 bridgehead atoms. The normalized spacial score (nSPS) is 47.3. The minimum absolute atomic E-state index is 0.0164. The molecule has 3 saturated carbocycles. The molecular weight excluding hydrogens is 588 g/mol. The maximum absolute atomic E-state index is 14.1. The van der Waals surface area contributed by atoms with Crippen molar-refractivity contribution in [3.8, 4) is 0 Å². The van der Waals surface area contributed by atoms with Crippen LogP contribution < -0.4 is 0 Å². The predicted molar refractivity (Wildman–Crippen MR) is 170 cm³/mol. The molecule has 0 unspecified atom stereocenters. The number of carbonyl (C=O) groups is 2. The minimum Gasteiger partial charge on any atom is -0.461 e. The smallest absolute Gasteiger partial charge is 0.313 e. The molecule has 0 aromatic heterocycles. The van der Waals surface area contributed by atoms with Gasteiger partial charge in [0.1, 0.15) is 30.0 Å². The molecular formula is C37H58O9. The third-order valence-electron chi connectivity index (χ3n) is 14.0. The third kappa shape index (κ3) is 4.87. The number of aliphatic hydroxyl groups excluding tert-OH is 3. The third-order valence-corrected chi connectivity index (χ3v) is 14.0. The van der Waals surface area contributed by atoms with Crippen LogP contribution in [0, 0.1) is 45.3 Å². The molecule has 2 heterocycles. The number of hydrogen-bond donors (Lipinski definition) is 3. The van der Waals surface area contributed by atoms with Crippen molar-refractivity contribution in [3.05, 3.63) is 11.6 Å². The van der Waals surface area contributed by atoms with E-state index < -0.39 is 35.6 Å². The summed E-state index contributed by atoms with van der Waals surface area (Å²) >= 11 is 0. The first kappa shape index (κ1) is 34.3. The van der Waals surface area contributed by atoms with Crippen LogP contribution in [0.25, 0.3) is 0 Å². The average molecular weight is 647 g/mol. The summed E-state index contributed by atoms with van der Waals surface area (Å²) in [5.74, 6) is 0.555. The molecule has 0 radical (unpaired) electrons. The van der Waals surface area contributed by atoms with E-state index in [0.717, 1.165) is 51.4 Å². The van der Waals surface area contributed by atoms with Crippen molar-refractivity contribution in [2.24, 2.45) is 45.3 Å². The van der Waals surface area contributed by atoms with Gasteiger partial charge in [0, 0.05) is 12.3 Å². The van der Waals surface area contributed by atoms with E-state index in [-0.39, 0.29) is 52.9 Å². The number of allylic oxidation sites excluding steroid dienone is 2. The number of ether oxygens (including phenoxy) is 4. The summed E-state index contributed by atoms with van der Waals surface area (Å²) < 4.78 is 24.4. The van der Waals surface area contributed by atoms with Crippen LogP contribution in [0.15, 0.2) is 11.6 Å². The molecule has 0 aromatic rings. The SMILES string of the molecule is CC(=O)O[C@@](C)(CCCC(C)C)[C@H]1[C@@H]2C[C@@]3(C)C4=CC[C@H]5C(C)(C)[C@@H](O[C@@H]6OC[C@@H](O)[C@H](O)[C@H]6O)CC[C@]5(C)[C@H]4CC[C@]13C(=O)O2. The van der Waals surface area contributed by atoms with E-state index in [0.29, 0.717) is 24.2 Å². The molecule has 0 amide bonds. The van der Waals surface area contributed by atoms with Crippen molar-refractivity contribution < 1.29 is 43.9 Å². The van der Waals surface area contributed by atoms with Crippen LogP contribution in [0.2, 0.25) is 0 Å². The molecule has 9 heteroatoms. The fourth-order valence-corrected chi connectivity index (χ4v) is 11.9. The molecule has 1 spiro atoms. The predicted octanol–water partition coefficient (Wildman–Crippen LogP) is 5.08. The Morgan fingerprint density at radius 3 is 2.50 bits per heavy atom. The van der Waals surface area contributed by atoms with Gasteiger partial charge in [0.15, 0.2) is 6.29 Å². The molecule has 13 atom stereocenters. The van der Waals surface area contributed by atoms with E-state index in [9.17, 15) is 24.9 Å². The Morgan fingerprint density at radius 1 is 1.11 bits per heavy atom. The highest BCUT2D eigenvalue weighted by Crippen LogP contribution is 2.77. The summed E-state index contributed by atoms with van der Waals surface area (Å²) in [6.45, 7) is 17.1. The summed E-state index contributed by atoms with van der Waals surface area (Å²) in [4.78, 5) is 26.6. The fraction of sp³-hybridized carbons (Fsp3) is 0.892. The number of fused-ring (bicyclic) bond motifs is 5. The van der Waals surface area contributed by atoms with Gasteiger partial charge in [0.05, 0.1) is 24.0 Å². The van der Waals surface area contributed by atoms with Crippen molar-refractivity contribution in [3.63, 3.8) is 0 Å². The zero-order valence-corrected chi connectivity index (χ0v) is 29.2. The Hall–Kier alpha value is -1.52. The number of hydrogen-bond acceptors (Lipinski definition) is 9. The summed E-state index contributed by atoms with van der Waals surface area (Å²) in [6, 6.07) is 0. The highest BCUT2D eigenvalue weighted by molar-refractivity contribution is 5.84. The summed E-state index contributed by atoms with van der Waals surface area (Å²) in [5.41, 5.74) is -0.750. The highest BCUT2D eigenvalue weighted by atomic mass is 16.7. The van der Waals surface area contributed by atoms with Gasteiger partial charge in [-0.05, 0) is 86.9 Å². The van der Waals surface area contributed by atoms with Gasteiger partial charge >= 0.3 is 11.9 Å². The quantitative estimate of drug-likeness (QED) is 0.244. The Bertz CT molecular complexity index is 1250. The lowest BCUT2D eigenvalue weighted by molar-refractivity contribution is -0.303. The second-order valence-corrected chi connectivity index (χ2v) is 17.4. The van der Waals surface area contributed by atoms with Gasteiger partial charge < -0.3 is 34.3 Å². The molecule has 2 saturated heterocycles. The zero-order chi connectivity index (χ0) is 33.6. The van der Waals surface area contributed by atoms with Gasteiger partial charge in [-0.3, -0.25) is 9.59 Å². The fourth-order valence-electron chi connectivity index (χ4n) is 11.9.